The van der Waals surface area contributed by atoms with Crippen LogP contribution in [0.15, 0.2) is 42.0 Å². The Bertz CT molecular complexity index is 403. The number of esters is 1. The van der Waals surface area contributed by atoms with Crippen LogP contribution in [-0.2, 0) is 4.74 Å². The second kappa shape index (κ2) is 8.52. The molecule has 0 unspecified atom stereocenters. The van der Waals surface area contributed by atoms with Crippen LogP contribution in [0.25, 0.3) is 0 Å². The first kappa shape index (κ1) is 15.5. The maximum atomic E-state index is 11.7. The molecule has 2 nitrogen and oxygen atoms in total. The molecule has 0 heterocycles. The lowest BCUT2D eigenvalue weighted by molar-refractivity contribution is 0.0484. The maximum absolute atomic E-state index is 11.7. The Kier molecular flexibility index (Phi) is 6.94. The molecule has 0 aliphatic heterocycles. The number of rotatable bonds is 7. The summed E-state index contributed by atoms with van der Waals surface area (Å²) < 4.78 is 5.27. The van der Waals surface area contributed by atoms with Crippen molar-refractivity contribution in [2.75, 3.05) is 6.61 Å². The van der Waals surface area contributed by atoms with Gasteiger partial charge in [0.1, 0.15) is 0 Å². The molecule has 2 heteroatoms. The van der Waals surface area contributed by atoms with Crippen molar-refractivity contribution in [3.63, 3.8) is 0 Å². The molecular formula is C17H24O2. The largest absolute Gasteiger partial charge is 0.462 e. The van der Waals surface area contributed by atoms with Crippen LogP contribution < -0.4 is 0 Å². The van der Waals surface area contributed by atoms with Gasteiger partial charge < -0.3 is 4.74 Å². The number of carbonyl (C=O) groups is 1. The van der Waals surface area contributed by atoms with Gasteiger partial charge in [0.25, 0.3) is 0 Å². The van der Waals surface area contributed by atoms with Crippen LogP contribution in [0.5, 0.6) is 0 Å². The molecule has 0 saturated carbocycles. The molecule has 0 aliphatic carbocycles. The molecule has 0 bridgehead atoms. The molecular weight excluding hydrogens is 236 g/mol. The Balaban J connectivity index is 2.20. The van der Waals surface area contributed by atoms with E-state index in [1.807, 2.05) is 18.2 Å². The molecule has 1 aromatic rings. The summed E-state index contributed by atoms with van der Waals surface area (Å²) in [6, 6.07) is 9.14. The van der Waals surface area contributed by atoms with Crippen molar-refractivity contribution < 1.29 is 9.53 Å². The molecule has 0 N–H and O–H groups in total. The first-order valence-corrected chi connectivity index (χ1v) is 6.95. The lowest BCUT2D eigenvalue weighted by Gasteiger charge is -2.10. The van der Waals surface area contributed by atoms with Crippen LogP contribution in [0.4, 0.5) is 0 Å². The van der Waals surface area contributed by atoms with Crippen LogP contribution in [0.2, 0.25) is 0 Å². The Morgan fingerprint density at radius 2 is 1.89 bits per heavy atom. The molecule has 1 aromatic carbocycles. The van der Waals surface area contributed by atoms with Crippen LogP contribution in [0, 0.1) is 5.92 Å². The van der Waals surface area contributed by atoms with E-state index in [1.54, 1.807) is 12.1 Å². The Morgan fingerprint density at radius 3 is 2.53 bits per heavy atom. The summed E-state index contributed by atoms with van der Waals surface area (Å²) in [7, 11) is 0. The molecule has 0 spiro atoms. The summed E-state index contributed by atoms with van der Waals surface area (Å²) in [5, 5.41) is 0. The highest BCUT2D eigenvalue weighted by molar-refractivity contribution is 5.89. The van der Waals surface area contributed by atoms with E-state index in [4.69, 9.17) is 4.74 Å². The molecule has 0 fully saturated rings. The lowest BCUT2D eigenvalue weighted by atomic mass is 10.0. The van der Waals surface area contributed by atoms with Crippen molar-refractivity contribution in [3.05, 3.63) is 47.5 Å². The smallest absolute Gasteiger partial charge is 0.338 e. The zero-order valence-corrected chi connectivity index (χ0v) is 12.2. The van der Waals surface area contributed by atoms with Gasteiger partial charge in [0.15, 0.2) is 0 Å². The minimum absolute atomic E-state index is 0.225. The van der Waals surface area contributed by atoms with E-state index >= 15 is 0 Å². The third kappa shape index (κ3) is 6.80. The number of hydrogen-bond donors (Lipinski definition) is 0. The van der Waals surface area contributed by atoms with Gasteiger partial charge in [-0.25, -0.2) is 4.79 Å². The standard InChI is InChI=1S/C17H24O2/c1-14(2)8-7-9-15(3)12-13-19-17(18)16-10-5-4-6-11-16/h4-6,8,10-11,15H,7,9,12-13H2,1-3H3/t15-/m0/s1. The van der Waals surface area contributed by atoms with Gasteiger partial charge in [-0.1, -0.05) is 36.8 Å². The van der Waals surface area contributed by atoms with Gasteiger partial charge in [0.05, 0.1) is 12.2 Å². The van der Waals surface area contributed by atoms with Gasteiger partial charge in [-0.05, 0) is 51.2 Å². The van der Waals surface area contributed by atoms with Gasteiger partial charge in [-0.15, -0.1) is 0 Å². The van der Waals surface area contributed by atoms with E-state index in [0.29, 0.717) is 18.1 Å². The number of benzene rings is 1. The first-order chi connectivity index (χ1) is 9.09. The molecule has 1 rings (SSSR count). The third-order valence-electron chi connectivity index (χ3n) is 3.07. The topological polar surface area (TPSA) is 26.3 Å². The summed E-state index contributed by atoms with van der Waals surface area (Å²) >= 11 is 0. The second-order valence-corrected chi connectivity index (χ2v) is 5.25. The molecule has 19 heavy (non-hydrogen) atoms. The fourth-order valence-electron chi connectivity index (χ4n) is 1.81. The van der Waals surface area contributed by atoms with E-state index in [9.17, 15) is 4.79 Å². The summed E-state index contributed by atoms with van der Waals surface area (Å²) in [6.45, 7) is 6.94. The van der Waals surface area contributed by atoms with E-state index in [0.717, 1.165) is 19.3 Å². The highest BCUT2D eigenvalue weighted by Crippen LogP contribution is 2.12. The highest BCUT2D eigenvalue weighted by atomic mass is 16.5. The monoisotopic (exact) mass is 260 g/mol. The van der Waals surface area contributed by atoms with Crippen molar-refractivity contribution in [3.8, 4) is 0 Å². The van der Waals surface area contributed by atoms with Gasteiger partial charge in [0, 0.05) is 0 Å². The van der Waals surface area contributed by atoms with Crippen LogP contribution in [-0.4, -0.2) is 12.6 Å². The van der Waals surface area contributed by atoms with Gasteiger partial charge >= 0.3 is 5.97 Å². The molecule has 0 radical (unpaired) electrons. The second-order valence-electron chi connectivity index (χ2n) is 5.25. The summed E-state index contributed by atoms with van der Waals surface area (Å²) in [5.41, 5.74) is 1.99. The van der Waals surface area contributed by atoms with E-state index in [-0.39, 0.29) is 5.97 Å². The van der Waals surface area contributed by atoms with Crippen molar-refractivity contribution in [2.45, 2.75) is 40.0 Å². The van der Waals surface area contributed by atoms with Crippen molar-refractivity contribution >= 4 is 5.97 Å². The molecule has 0 saturated heterocycles. The molecule has 0 aliphatic rings. The molecule has 0 aromatic heterocycles. The number of carbonyl (C=O) groups excluding carboxylic acids is 1. The molecule has 1 atom stereocenters. The van der Waals surface area contributed by atoms with Crippen LogP contribution >= 0.6 is 0 Å². The maximum Gasteiger partial charge on any atom is 0.338 e. The minimum Gasteiger partial charge on any atom is -0.462 e. The third-order valence-corrected chi connectivity index (χ3v) is 3.07. The van der Waals surface area contributed by atoms with Crippen LogP contribution in [0.1, 0.15) is 50.4 Å². The quantitative estimate of drug-likeness (QED) is 0.528. The lowest BCUT2D eigenvalue weighted by Crippen LogP contribution is -2.08. The van der Waals surface area contributed by atoms with Gasteiger partial charge in [-0.3, -0.25) is 0 Å². The van der Waals surface area contributed by atoms with E-state index in [2.05, 4.69) is 26.8 Å². The Hall–Kier alpha value is -1.57. The highest BCUT2D eigenvalue weighted by Gasteiger charge is 2.07. The van der Waals surface area contributed by atoms with Gasteiger partial charge in [-0.2, -0.15) is 0 Å². The molecule has 0 amide bonds. The summed E-state index contributed by atoms with van der Waals surface area (Å²) in [6.07, 6.45) is 5.44. The Morgan fingerprint density at radius 1 is 1.21 bits per heavy atom. The first-order valence-electron chi connectivity index (χ1n) is 6.95. The molecule has 104 valence electrons. The van der Waals surface area contributed by atoms with Gasteiger partial charge in [0.2, 0.25) is 0 Å². The average molecular weight is 260 g/mol. The SMILES string of the molecule is CC(C)=CCC[C@H](C)CCOC(=O)c1ccccc1. The average Bonchev–Trinajstić information content (AvgIpc) is 2.39. The Labute approximate surface area is 116 Å². The normalized spacial score (nSPS) is 11.7. The number of ether oxygens (including phenoxy) is 1. The van der Waals surface area contributed by atoms with Crippen molar-refractivity contribution in [1.29, 1.82) is 0 Å². The van der Waals surface area contributed by atoms with Crippen LogP contribution in [0.3, 0.4) is 0 Å². The zero-order chi connectivity index (χ0) is 14.1. The van der Waals surface area contributed by atoms with Crippen molar-refractivity contribution in [1.82, 2.24) is 0 Å². The van der Waals surface area contributed by atoms with E-state index in [1.165, 1.54) is 5.57 Å². The fourth-order valence-corrected chi connectivity index (χ4v) is 1.81. The summed E-state index contributed by atoms with van der Waals surface area (Å²) in [4.78, 5) is 11.7. The minimum atomic E-state index is -0.225. The number of hydrogen-bond acceptors (Lipinski definition) is 2. The summed E-state index contributed by atoms with van der Waals surface area (Å²) in [5.74, 6) is 0.358. The number of allylic oxidation sites excluding steroid dienone is 2. The van der Waals surface area contributed by atoms with E-state index < -0.39 is 0 Å². The predicted octanol–water partition coefficient (Wildman–Crippen LogP) is 4.62. The predicted molar refractivity (Wildman–Crippen MR) is 79.2 cm³/mol. The zero-order valence-electron chi connectivity index (χ0n) is 12.2. The fraction of sp³-hybridized carbons (Fsp3) is 0.471. The van der Waals surface area contributed by atoms with Crippen molar-refractivity contribution in [2.24, 2.45) is 5.92 Å².